The molecule has 4 nitrogen and oxygen atoms in total. The van der Waals surface area contributed by atoms with Crippen molar-refractivity contribution in [2.75, 3.05) is 60.4 Å². The van der Waals surface area contributed by atoms with Crippen molar-refractivity contribution in [2.45, 2.75) is 19.3 Å². The second-order valence-corrected chi connectivity index (χ2v) is 6.29. The number of unbranched alkanes of at least 4 members (excludes halogenated alkanes) is 2. The number of hydrogen-bond acceptors (Lipinski definition) is 1. The quantitative estimate of drug-likeness (QED) is 0.316. The van der Waals surface area contributed by atoms with Crippen LogP contribution in [0.5, 0.6) is 0 Å². The minimum Gasteiger partial charge on any atom is -0.390 e. The molecule has 0 aromatic heterocycles. The molecule has 1 rings (SSSR count). The van der Waals surface area contributed by atoms with Gasteiger partial charge in [0.2, 0.25) is 0 Å². The fourth-order valence-corrected chi connectivity index (χ4v) is 2.42. The summed E-state index contributed by atoms with van der Waals surface area (Å²) in [5.74, 6) is 0. The molecule has 0 radical (unpaired) electrons. The Morgan fingerprint density at radius 3 is 2.24 bits per heavy atom. The van der Waals surface area contributed by atoms with E-state index >= 15 is 0 Å². The molecule has 1 saturated heterocycles. The van der Waals surface area contributed by atoms with Crippen LogP contribution in [0, 0.1) is 0 Å². The lowest BCUT2D eigenvalue weighted by Gasteiger charge is -2.44. The Labute approximate surface area is 106 Å². The molecule has 0 spiro atoms. The summed E-state index contributed by atoms with van der Waals surface area (Å²) in [5, 5.41) is 0. The summed E-state index contributed by atoms with van der Waals surface area (Å²) < 4.78 is 2.46. The van der Waals surface area contributed by atoms with E-state index < -0.39 is 0 Å². The highest BCUT2D eigenvalue weighted by Crippen LogP contribution is 2.15. The molecule has 1 aliphatic rings. The lowest BCUT2D eigenvalue weighted by molar-refractivity contribution is -1.01. The first kappa shape index (κ1) is 14.5. The molecular weight excluding hydrogens is 212 g/mol. The molecule has 0 unspecified atom stereocenters. The first-order chi connectivity index (χ1) is 7.97. The van der Waals surface area contributed by atoms with E-state index in [1.54, 1.807) is 0 Å². The smallest absolute Gasteiger partial charge is 0.128 e. The highest BCUT2D eigenvalue weighted by molar-refractivity contribution is 5.50. The van der Waals surface area contributed by atoms with Crippen molar-refractivity contribution in [3.05, 3.63) is 0 Å². The number of likely N-dealkylation sites (N-methyl/N-ethyl adjacent to an activating group) is 2. The number of hydrogen-bond donors (Lipinski definition) is 1. The van der Waals surface area contributed by atoms with Gasteiger partial charge < -0.3 is 14.7 Å². The van der Waals surface area contributed by atoms with Crippen LogP contribution in [0.3, 0.4) is 0 Å². The van der Waals surface area contributed by atoms with Crippen LogP contribution in [0.25, 0.3) is 0 Å². The molecule has 0 aromatic carbocycles. The Kier molecular flexibility index (Phi) is 5.40. The number of nitrogens with two attached hydrogens (primary N) is 1. The number of quaternary nitrogens is 2. The van der Waals surface area contributed by atoms with E-state index in [1.807, 2.05) is 0 Å². The molecule has 100 valence electrons. The summed E-state index contributed by atoms with van der Waals surface area (Å²) in [6.07, 6.45) is 5.20. The largest absolute Gasteiger partial charge is 0.390 e. The van der Waals surface area contributed by atoms with Crippen molar-refractivity contribution < 1.29 is 8.97 Å². The van der Waals surface area contributed by atoms with Gasteiger partial charge in [-0.15, -0.1) is 0 Å². The summed E-state index contributed by atoms with van der Waals surface area (Å²) in [6.45, 7) is 7.50. The Bertz CT molecular complexity index is 238. The standard InChI is InChI=1S/C13H30N4/c1-16(2)9-11-17(3,12-10-16)8-6-4-5-7-15-13-14/h13H,4-12H2,1-3H3,(H2,14,15)/q+2. The number of piperazine rings is 1. The minimum atomic E-state index is 0.893. The van der Waals surface area contributed by atoms with Gasteiger partial charge in [0.05, 0.1) is 34.0 Å². The van der Waals surface area contributed by atoms with Gasteiger partial charge in [-0.25, -0.2) is 0 Å². The fraction of sp³-hybridized carbons (Fsp3) is 0.923. The molecular formula is C13H30N4+2. The van der Waals surface area contributed by atoms with Crippen molar-refractivity contribution in [2.24, 2.45) is 10.7 Å². The molecule has 1 heterocycles. The van der Waals surface area contributed by atoms with Crippen molar-refractivity contribution in [3.63, 3.8) is 0 Å². The predicted molar refractivity (Wildman–Crippen MR) is 74.0 cm³/mol. The van der Waals surface area contributed by atoms with Crippen LogP contribution in [0.1, 0.15) is 19.3 Å². The van der Waals surface area contributed by atoms with E-state index in [0.717, 1.165) is 6.54 Å². The van der Waals surface area contributed by atoms with Gasteiger partial charge in [-0.1, -0.05) is 0 Å². The second-order valence-electron chi connectivity index (χ2n) is 6.29. The summed E-state index contributed by atoms with van der Waals surface area (Å²) in [4.78, 5) is 4.04. The highest BCUT2D eigenvalue weighted by atomic mass is 15.4. The normalized spacial score (nSPS) is 23.0. The first-order valence-electron chi connectivity index (χ1n) is 6.83. The van der Waals surface area contributed by atoms with Gasteiger partial charge in [0.25, 0.3) is 0 Å². The molecule has 0 aromatic rings. The van der Waals surface area contributed by atoms with Crippen LogP contribution in [0.2, 0.25) is 0 Å². The molecule has 0 atom stereocenters. The van der Waals surface area contributed by atoms with Crippen LogP contribution in [0.4, 0.5) is 0 Å². The van der Waals surface area contributed by atoms with Gasteiger partial charge in [-0.05, 0) is 19.3 Å². The maximum absolute atomic E-state index is 5.21. The zero-order valence-corrected chi connectivity index (χ0v) is 11.9. The second kappa shape index (κ2) is 6.36. The molecule has 17 heavy (non-hydrogen) atoms. The van der Waals surface area contributed by atoms with E-state index in [4.69, 9.17) is 5.73 Å². The Balaban J connectivity index is 2.14. The van der Waals surface area contributed by atoms with Crippen LogP contribution in [0.15, 0.2) is 4.99 Å². The third-order valence-corrected chi connectivity index (χ3v) is 4.08. The van der Waals surface area contributed by atoms with Gasteiger partial charge in [-0.3, -0.25) is 4.99 Å². The Hall–Kier alpha value is -0.610. The Morgan fingerprint density at radius 2 is 1.65 bits per heavy atom. The third-order valence-electron chi connectivity index (χ3n) is 4.08. The minimum absolute atomic E-state index is 0.893. The van der Waals surface area contributed by atoms with Crippen molar-refractivity contribution in [1.29, 1.82) is 0 Å². The molecule has 0 saturated carbocycles. The zero-order valence-electron chi connectivity index (χ0n) is 11.9. The highest BCUT2D eigenvalue weighted by Gasteiger charge is 2.33. The molecule has 0 amide bonds. The van der Waals surface area contributed by atoms with Gasteiger partial charge in [-0.2, -0.15) is 0 Å². The van der Waals surface area contributed by atoms with Crippen LogP contribution < -0.4 is 5.73 Å². The Morgan fingerprint density at radius 1 is 1.00 bits per heavy atom. The van der Waals surface area contributed by atoms with Gasteiger partial charge >= 0.3 is 0 Å². The number of nitrogens with zero attached hydrogens (tertiary/aromatic N) is 3. The van der Waals surface area contributed by atoms with E-state index in [0.29, 0.717) is 0 Å². The van der Waals surface area contributed by atoms with Crippen molar-refractivity contribution in [3.8, 4) is 0 Å². The molecule has 1 fully saturated rings. The van der Waals surface area contributed by atoms with Gasteiger partial charge in [0.15, 0.2) is 0 Å². The third kappa shape index (κ3) is 5.50. The average Bonchev–Trinajstić information content (AvgIpc) is 2.28. The average molecular weight is 242 g/mol. The van der Waals surface area contributed by atoms with E-state index in [1.165, 1.54) is 67.3 Å². The van der Waals surface area contributed by atoms with E-state index in [-0.39, 0.29) is 0 Å². The SMILES string of the molecule is C[N+]1(C)CC[N+](C)(CCCCCN=CN)CC1. The summed E-state index contributed by atoms with van der Waals surface area (Å²) in [6, 6.07) is 0. The van der Waals surface area contributed by atoms with Gasteiger partial charge in [0.1, 0.15) is 26.2 Å². The molecule has 4 heteroatoms. The van der Waals surface area contributed by atoms with Crippen molar-refractivity contribution >= 4 is 6.34 Å². The zero-order chi connectivity index (χ0) is 12.8. The van der Waals surface area contributed by atoms with Crippen LogP contribution in [-0.4, -0.2) is 75.7 Å². The topological polar surface area (TPSA) is 38.4 Å². The van der Waals surface area contributed by atoms with Crippen LogP contribution >= 0.6 is 0 Å². The van der Waals surface area contributed by atoms with Crippen molar-refractivity contribution in [1.82, 2.24) is 0 Å². The van der Waals surface area contributed by atoms with E-state index in [9.17, 15) is 0 Å². The lowest BCUT2D eigenvalue weighted by Crippen LogP contribution is -2.62. The number of rotatable bonds is 6. The maximum atomic E-state index is 5.21. The molecule has 2 N–H and O–H groups in total. The molecule has 0 bridgehead atoms. The first-order valence-corrected chi connectivity index (χ1v) is 6.83. The monoisotopic (exact) mass is 242 g/mol. The predicted octanol–water partition coefficient (Wildman–Crippen LogP) is 0.680. The summed E-state index contributed by atoms with van der Waals surface area (Å²) in [5.41, 5.74) is 5.21. The van der Waals surface area contributed by atoms with Crippen LogP contribution in [-0.2, 0) is 0 Å². The van der Waals surface area contributed by atoms with E-state index in [2.05, 4.69) is 26.1 Å². The maximum Gasteiger partial charge on any atom is 0.128 e. The lowest BCUT2D eigenvalue weighted by atomic mass is 10.1. The number of aliphatic imine (C=N–C) groups is 1. The summed E-state index contributed by atoms with van der Waals surface area (Å²) >= 11 is 0. The molecule has 1 aliphatic heterocycles. The summed E-state index contributed by atoms with van der Waals surface area (Å²) in [7, 11) is 7.10. The molecule has 0 aliphatic carbocycles. The van der Waals surface area contributed by atoms with Gasteiger partial charge in [0, 0.05) is 6.54 Å². The fourth-order valence-electron chi connectivity index (χ4n) is 2.42.